The molecule has 2 nitrogen and oxygen atoms in total. The Morgan fingerprint density at radius 2 is 2.00 bits per heavy atom. The van der Waals surface area contributed by atoms with E-state index in [-0.39, 0.29) is 5.97 Å². The van der Waals surface area contributed by atoms with E-state index in [4.69, 9.17) is 16.3 Å². The number of hydrogen-bond acceptors (Lipinski definition) is 2. The fourth-order valence-corrected chi connectivity index (χ4v) is 2.31. The molecule has 1 aliphatic carbocycles. The average molecular weight is 219 g/mol. The summed E-state index contributed by atoms with van der Waals surface area (Å²) in [5.74, 6) is 0.873. The molecule has 0 N–H and O–H groups in total. The second kappa shape index (κ2) is 5.59. The Morgan fingerprint density at radius 1 is 1.43 bits per heavy atom. The van der Waals surface area contributed by atoms with Crippen LogP contribution in [0, 0.1) is 11.8 Å². The van der Waals surface area contributed by atoms with Crippen molar-refractivity contribution in [2.24, 2.45) is 11.8 Å². The maximum atomic E-state index is 11.4. The van der Waals surface area contributed by atoms with Crippen molar-refractivity contribution in [1.82, 2.24) is 0 Å². The van der Waals surface area contributed by atoms with Gasteiger partial charge in [-0.3, -0.25) is 4.79 Å². The van der Waals surface area contributed by atoms with E-state index < -0.39 is 5.38 Å². The normalized spacial score (nSPS) is 29.6. The Balaban J connectivity index is 2.37. The third-order valence-corrected chi connectivity index (χ3v) is 3.52. The lowest BCUT2D eigenvalue weighted by Gasteiger charge is -2.28. The first-order chi connectivity index (χ1) is 6.65. The van der Waals surface area contributed by atoms with Crippen molar-refractivity contribution >= 4 is 17.6 Å². The first-order valence-corrected chi connectivity index (χ1v) is 5.89. The summed E-state index contributed by atoms with van der Waals surface area (Å²) in [6.07, 6.45) is 4.50. The minimum absolute atomic E-state index is 0.242. The predicted molar refractivity (Wildman–Crippen MR) is 57.4 cm³/mol. The Morgan fingerprint density at radius 3 is 2.50 bits per heavy atom. The number of halogens is 1. The number of esters is 1. The number of hydrogen-bond donors (Lipinski definition) is 0. The molecule has 0 spiro atoms. The van der Waals surface area contributed by atoms with Crippen molar-refractivity contribution in [2.45, 2.75) is 44.9 Å². The highest BCUT2D eigenvalue weighted by Crippen LogP contribution is 2.32. The minimum atomic E-state index is -0.428. The van der Waals surface area contributed by atoms with Gasteiger partial charge < -0.3 is 4.74 Å². The summed E-state index contributed by atoms with van der Waals surface area (Å²) in [5, 5.41) is -0.428. The number of carbonyl (C=O) groups is 1. The first kappa shape index (κ1) is 11.8. The molecule has 1 unspecified atom stereocenters. The monoisotopic (exact) mass is 218 g/mol. The number of ether oxygens (including phenoxy) is 1. The molecule has 82 valence electrons. The summed E-state index contributed by atoms with van der Waals surface area (Å²) in [6.45, 7) is 4.49. The maximum Gasteiger partial charge on any atom is 0.324 e. The van der Waals surface area contributed by atoms with Gasteiger partial charge in [-0.25, -0.2) is 0 Å². The molecule has 1 saturated carbocycles. The predicted octanol–water partition coefficient (Wildman–Crippen LogP) is 2.98. The summed E-state index contributed by atoms with van der Waals surface area (Å²) in [5.41, 5.74) is 0. The number of rotatable bonds is 3. The Bertz CT molecular complexity index is 186. The molecule has 0 radical (unpaired) electrons. The molecule has 3 heteroatoms. The Labute approximate surface area is 91.0 Å². The molecule has 14 heavy (non-hydrogen) atoms. The third kappa shape index (κ3) is 3.16. The van der Waals surface area contributed by atoms with Gasteiger partial charge in [0.25, 0.3) is 0 Å². The van der Waals surface area contributed by atoms with Gasteiger partial charge in [-0.2, -0.15) is 0 Å². The van der Waals surface area contributed by atoms with E-state index in [0.717, 1.165) is 18.8 Å². The van der Waals surface area contributed by atoms with Gasteiger partial charge in [0.15, 0.2) is 0 Å². The first-order valence-electron chi connectivity index (χ1n) is 5.45. The topological polar surface area (TPSA) is 26.3 Å². The van der Waals surface area contributed by atoms with Crippen LogP contribution < -0.4 is 0 Å². The van der Waals surface area contributed by atoms with Crippen LogP contribution in [-0.2, 0) is 9.53 Å². The summed E-state index contributed by atoms with van der Waals surface area (Å²) in [7, 11) is 0. The van der Waals surface area contributed by atoms with Gasteiger partial charge in [0.1, 0.15) is 5.38 Å². The summed E-state index contributed by atoms with van der Waals surface area (Å²) in [6, 6.07) is 0. The zero-order valence-electron chi connectivity index (χ0n) is 8.96. The van der Waals surface area contributed by atoms with Crippen molar-refractivity contribution < 1.29 is 9.53 Å². The molecular weight excluding hydrogens is 200 g/mol. The SMILES string of the molecule is CCOC(=O)C(Cl)C1CCC(C)CC1. The molecule has 0 aliphatic heterocycles. The number of carbonyl (C=O) groups excluding carboxylic acids is 1. The van der Waals surface area contributed by atoms with Gasteiger partial charge in [0.05, 0.1) is 6.61 Å². The molecule has 0 aromatic carbocycles. The highest BCUT2D eigenvalue weighted by molar-refractivity contribution is 6.30. The fraction of sp³-hybridized carbons (Fsp3) is 0.909. The molecule has 1 aliphatic rings. The van der Waals surface area contributed by atoms with Crippen LogP contribution >= 0.6 is 11.6 Å². The van der Waals surface area contributed by atoms with Crippen LogP contribution in [0.4, 0.5) is 0 Å². The summed E-state index contributed by atoms with van der Waals surface area (Å²) >= 11 is 6.06. The molecule has 0 aromatic heterocycles. The second-order valence-electron chi connectivity index (χ2n) is 4.17. The lowest BCUT2D eigenvalue weighted by atomic mass is 9.81. The summed E-state index contributed by atoms with van der Waals surface area (Å²) < 4.78 is 4.91. The molecular formula is C11H19ClO2. The van der Waals surface area contributed by atoms with E-state index >= 15 is 0 Å². The van der Waals surface area contributed by atoms with E-state index in [0.29, 0.717) is 12.5 Å². The van der Waals surface area contributed by atoms with Crippen LogP contribution in [0.1, 0.15) is 39.5 Å². The van der Waals surface area contributed by atoms with E-state index in [1.54, 1.807) is 0 Å². The average Bonchev–Trinajstić information content (AvgIpc) is 2.18. The molecule has 0 bridgehead atoms. The Kier molecular flexibility index (Phi) is 4.73. The molecule has 1 atom stereocenters. The summed E-state index contributed by atoms with van der Waals surface area (Å²) in [4.78, 5) is 11.4. The molecule has 0 saturated heterocycles. The van der Waals surface area contributed by atoms with Gasteiger partial charge in [-0.05, 0) is 31.6 Å². The largest absolute Gasteiger partial charge is 0.465 e. The maximum absolute atomic E-state index is 11.4. The van der Waals surface area contributed by atoms with Gasteiger partial charge in [0, 0.05) is 0 Å². The van der Waals surface area contributed by atoms with E-state index in [1.807, 2.05) is 6.92 Å². The second-order valence-corrected chi connectivity index (χ2v) is 4.64. The lowest BCUT2D eigenvalue weighted by molar-refractivity contribution is -0.144. The smallest absolute Gasteiger partial charge is 0.324 e. The van der Waals surface area contributed by atoms with Crippen LogP contribution in [0.2, 0.25) is 0 Å². The van der Waals surface area contributed by atoms with Gasteiger partial charge >= 0.3 is 5.97 Å². The van der Waals surface area contributed by atoms with Crippen molar-refractivity contribution in [3.63, 3.8) is 0 Å². The molecule has 0 heterocycles. The van der Waals surface area contributed by atoms with Crippen molar-refractivity contribution in [3.05, 3.63) is 0 Å². The zero-order valence-corrected chi connectivity index (χ0v) is 9.72. The molecule has 1 fully saturated rings. The van der Waals surface area contributed by atoms with Gasteiger partial charge in [-0.1, -0.05) is 19.8 Å². The minimum Gasteiger partial charge on any atom is -0.465 e. The standard InChI is InChI=1S/C11H19ClO2/c1-3-14-11(13)10(12)9-6-4-8(2)5-7-9/h8-10H,3-7H2,1-2H3. The third-order valence-electron chi connectivity index (χ3n) is 2.99. The van der Waals surface area contributed by atoms with Crippen LogP contribution in [0.25, 0.3) is 0 Å². The van der Waals surface area contributed by atoms with Crippen LogP contribution in [0.5, 0.6) is 0 Å². The van der Waals surface area contributed by atoms with E-state index in [9.17, 15) is 4.79 Å². The van der Waals surface area contributed by atoms with Crippen LogP contribution in [-0.4, -0.2) is 18.0 Å². The van der Waals surface area contributed by atoms with E-state index in [2.05, 4.69) is 6.92 Å². The zero-order chi connectivity index (χ0) is 10.6. The highest BCUT2D eigenvalue weighted by Gasteiger charge is 2.30. The van der Waals surface area contributed by atoms with Crippen molar-refractivity contribution in [1.29, 1.82) is 0 Å². The quantitative estimate of drug-likeness (QED) is 0.538. The van der Waals surface area contributed by atoms with Gasteiger partial charge in [0.2, 0.25) is 0 Å². The Hall–Kier alpha value is -0.240. The molecule has 1 rings (SSSR count). The van der Waals surface area contributed by atoms with Crippen LogP contribution in [0.15, 0.2) is 0 Å². The fourth-order valence-electron chi connectivity index (χ4n) is 1.99. The van der Waals surface area contributed by atoms with Gasteiger partial charge in [-0.15, -0.1) is 11.6 Å². The molecule has 0 aromatic rings. The molecule has 0 amide bonds. The highest BCUT2D eigenvalue weighted by atomic mass is 35.5. The van der Waals surface area contributed by atoms with Crippen molar-refractivity contribution in [3.8, 4) is 0 Å². The van der Waals surface area contributed by atoms with Crippen molar-refractivity contribution in [2.75, 3.05) is 6.61 Å². The lowest BCUT2D eigenvalue weighted by Crippen LogP contribution is -2.29. The van der Waals surface area contributed by atoms with E-state index in [1.165, 1.54) is 12.8 Å². The van der Waals surface area contributed by atoms with Crippen LogP contribution in [0.3, 0.4) is 0 Å². The number of alkyl halides is 1.